The molecule has 0 aliphatic carbocycles. The SMILES string of the molecule is C=CC=CC.Cc1cc[nH]c1C.[CH-]=CC=CC.[CH3-].[CH3-].[Ru+4].[Ru].[c-]1ccc[nH]1. The minimum atomic E-state index is 0. The molecule has 0 unspecified atom stereocenters. The number of nitrogens with one attached hydrogen (secondary N) is 2. The van der Waals surface area contributed by atoms with Crippen LogP contribution in [0.25, 0.3) is 0 Å². The van der Waals surface area contributed by atoms with Crippen LogP contribution in [0.2, 0.25) is 0 Å². The molecule has 26 heavy (non-hydrogen) atoms. The molecule has 0 aliphatic heterocycles. The maximum absolute atomic E-state index is 4.93. The Labute approximate surface area is 188 Å². The normalized spacial score (nSPS) is 7.54. The molecule has 2 aromatic rings. The van der Waals surface area contributed by atoms with E-state index in [0.29, 0.717) is 0 Å². The summed E-state index contributed by atoms with van der Waals surface area (Å²) in [6, 6.07) is 5.77. The Bertz CT molecular complexity index is 460. The van der Waals surface area contributed by atoms with Gasteiger partial charge in [0, 0.05) is 31.4 Å². The third-order valence-corrected chi connectivity index (χ3v) is 2.30. The van der Waals surface area contributed by atoms with Crippen LogP contribution in [0.15, 0.2) is 73.6 Å². The van der Waals surface area contributed by atoms with Gasteiger partial charge in [-0.05, 0) is 32.4 Å². The quantitative estimate of drug-likeness (QED) is 0.249. The van der Waals surface area contributed by atoms with Crippen LogP contribution in [0.4, 0.5) is 0 Å². The maximum Gasteiger partial charge on any atom is 4.00 e. The van der Waals surface area contributed by atoms with Gasteiger partial charge < -0.3 is 24.8 Å². The molecule has 0 radical (unpaired) electrons. The Kier molecular flexibility index (Phi) is 53.4. The summed E-state index contributed by atoms with van der Waals surface area (Å²) >= 11 is 0. The average Bonchev–Trinajstić information content (AvgIpc) is 3.19. The van der Waals surface area contributed by atoms with Gasteiger partial charge in [0.15, 0.2) is 0 Å². The second-order valence-electron chi connectivity index (χ2n) is 4.08. The zero-order chi connectivity index (χ0) is 17.1. The van der Waals surface area contributed by atoms with Gasteiger partial charge in [-0.15, -0.1) is 6.20 Å². The van der Waals surface area contributed by atoms with Gasteiger partial charge in [-0.2, -0.15) is 24.4 Å². The first-order valence-corrected chi connectivity index (χ1v) is 7.13. The standard InChI is InChI=1S/C6H9N.C5H8.C5H7.C4H4N.2CH3.2Ru/c1-5-3-4-7-6(5)2;2*1-3-5-4-2;1-2-4-5-3-1;;;;/h3-4,7H,1-2H3;3-5H,1H2,2H3;1,3-5H,2H3;1-3,5H;2*1H3;;/q;;4*-1;;+4. The second kappa shape index (κ2) is 35.0. The van der Waals surface area contributed by atoms with Crippen LogP contribution in [0.3, 0.4) is 0 Å². The zero-order valence-corrected chi connectivity index (χ0v) is 20.3. The molecular weight excluding hydrogens is 494 g/mol. The van der Waals surface area contributed by atoms with E-state index < -0.39 is 0 Å². The molecule has 0 fully saturated rings. The largest absolute Gasteiger partial charge is 4.00 e. The number of allylic oxidation sites excluding steroid dienone is 6. The van der Waals surface area contributed by atoms with E-state index in [1.807, 2.05) is 56.6 Å². The van der Waals surface area contributed by atoms with Gasteiger partial charge >= 0.3 is 19.5 Å². The molecular formula is C22H34N2Ru2. The Morgan fingerprint density at radius 3 is 1.73 bits per heavy atom. The topological polar surface area (TPSA) is 31.6 Å². The van der Waals surface area contributed by atoms with Gasteiger partial charge in [-0.3, -0.25) is 6.58 Å². The molecule has 0 spiro atoms. The molecule has 2 nitrogen and oxygen atoms in total. The van der Waals surface area contributed by atoms with E-state index in [-0.39, 0.29) is 53.8 Å². The summed E-state index contributed by atoms with van der Waals surface area (Å²) in [5.74, 6) is 0. The van der Waals surface area contributed by atoms with E-state index >= 15 is 0 Å². The molecule has 0 saturated carbocycles. The van der Waals surface area contributed by atoms with Gasteiger partial charge in [-0.25, -0.2) is 12.2 Å². The summed E-state index contributed by atoms with van der Waals surface area (Å²) in [5, 5.41) is 0. The summed E-state index contributed by atoms with van der Waals surface area (Å²) in [6.45, 7) is 16.4. The molecule has 2 N–H and O–H groups in total. The van der Waals surface area contributed by atoms with Gasteiger partial charge in [0.25, 0.3) is 0 Å². The van der Waals surface area contributed by atoms with Gasteiger partial charge in [0.05, 0.1) is 0 Å². The van der Waals surface area contributed by atoms with Crippen LogP contribution in [-0.4, -0.2) is 9.97 Å². The predicted octanol–water partition coefficient (Wildman–Crippen LogP) is 6.64. The van der Waals surface area contributed by atoms with Crippen molar-refractivity contribution in [1.82, 2.24) is 9.97 Å². The Morgan fingerprint density at radius 2 is 1.65 bits per heavy atom. The Balaban J connectivity index is -0.0000000494. The van der Waals surface area contributed by atoms with E-state index in [1.165, 1.54) is 17.3 Å². The van der Waals surface area contributed by atoms with Crippen molar-refractivity contribution in [2.45, 2.75) is 27.7 Å². The third kappa shape index (κ3) is 34.2. The van der Waals surface area contributed by atoms with E-state index in [1.54, 1.807) is 12.2 Å². The first-order chi connectivity index (χ1) is 10.6. The summed E-state index contributed by atoms with van der Waals surface area (Å²) in [4.78, 5) is 5.80. The van der Waals surface area contributed by atoms with Crippen molar-refractivity contribution < 1.29 is 39.0 Å². The van der Waals surface area contributed by atoms with Crippen LogP contribution in [0, 0.1) is 41.5 Å². The molecule has 0 atom stereocenters. The van der Waals surface area contributed by atoms with Crippen molar-refractivity contribution in [3.05, 3.63) is 113 Å². The van der Waals surface area contributed by atoms with Crippen molar-refractivity contribution in [3.8, 4) is 0 Å². The number of hydrogen-bond acceptors (Lipinski definition) is 0. The molecule has 148 valence electrons. The number of H-pyrrole nitrogens is 2. The molecule has 0 aliphatic rings. The van der Waals surface area contributed by atoms with Crippen molar-refractivity contribution in [2.24, 2.45) is 0 Å². The fourth-order valence-corrected chi connectivity index (χ4v) is 1.02. The van der Waals surface area contributed by atoms with Crippen molar-refractivity contribution in [2.75, 3.05) is 0 Å². The number of rotatable bonds is 2. The smallest absolute Gasteiger partial charge is 0.484 e. The first-order valence-electron chi connectivity index (χ1n) is 7.13. The fraction of sp³-hybridized carbons (Fsp3) is 0.182. The van der Waals surface area contributed by atoms with Gasteiger partial charge in [0.2, 0.25) is 0 Å². The van der Waals surface area contributed by atoms with Crippen molar-refractivity contribution in [1.29, 1.82) is 0 Å². The zero-order valence-electron chi connectivity index (χ0n) is 16.8. The molecule has 0 aromatic carbocycles. The van der Waals surface area contributed by atoms with Crippen LogP contribution in [-0.2, 0) is 39.0 Å². The number of aromatic amines is 2. The van der Waals surface area contributed by atoms with Gasteiger partial charge in [0.1, 0.15) is 0 Å². The van der Waals surface area contributed by atoms with Crippen LogP contribution in [0.5, 0.6) is 0 Å². The fourth-order valence-electron chi connectivity index (χ4n) is 1.02. The Hall–Kier alpha value is -1.23. The minimum absolute atomic E-state index is 0. The first kappa shape index (κ1) is 39.7. The molecule has 2 heterocycles. The average molecular weight is 529 g/mol. The van der Waals surface area contributed by atoms with Crippen LogP contribution < -0.4 is 0 Å². The number of aryl methyl sites for hydroxylation is 2. The summed E-state index contributed by atoms with van der Waals surface area (Å²) < 4.78 is 0. The number of aromatic nitrogens is 2. The van der Waals surface area contributed by atoms with E-state index in [4.69, 9.17) is 6.58 Å². The summed E-state index contributed by atoms with van der Waals surface area (Å²) in [7, 11) is 0. The van der Waals surface area contributed by atoms with Crippen LogP contribution in [0.1, 0.15) is 25.1 Å². The maximum atomic E-state index is 4.93. The monoisotopic (exact) mass is 530 g/mol. The van der Waals surface area contributed by atoms with Crippen molar-refractivity contribution >= 4 is 0 Å². The molecule has 2 aromatic heterocycles. The van der Waals surface area contributed by atoms with E-state index in [9.17, 15) is 0 Å². The number of hydrogen-bond donors (Lipinski definition) is 2. The molecule has 0 saturated heterocycles. The summed E-state index contributed by atoms with van der Waals surface area (Å²) in [5.41, 5.74) is 2.60. The molecule has 0 amide bonds. The molecule has 4 heteroatoms. The summed E-state index contributed by atoms with van der Waals surface area (Å²) in [6.07, 6.45) is 17.2. The second-order valence-corrected chi connectivity index (χ2v) is 4.08. The molecule has 2 rings (SSSR count). The van der Waals surface area contributed by atoms with Crippen LogP contribution >= 0.6 is 0 Å². The van der Waals surface area contributed by atoms with Crippen molar-refractivity contribution in [3.63, 3.8) is 0 Å². The van der Waals surface area contributed by atoms with Gasteiger partial charge in [-0.1, -0.05) is 31.7 Å². The predicted molar refractivity (Wildman–Crippen MR) is 111 cm³/mol. The molecule has 0 bridgehead atoms. The minimum Gasteiger partial charge on any atom is -0.484 e. The third-order valence-electron chi connectivity index (χ3n) is 2.30. The van der Waals surface area contributed by atoms with E-state index in [2.05, 4.69) is 42.7 Å². The van der Waals surface area contributed by atoms with E-state index in [0.717, 1.165) is 0 Å². The Morgan fingerprint density at radius 1 is 1.08 bits per heavy atom.